The van der Waals surface area contributed by atoms with Crippen LogP contribution >= 0.6 is 0 Å². The zero-order valence-corrected chi connectivity index (χ0v) is 9.48. The number of carboxylic acid groups (broad SMARTS) is 1. The fourth-order valence-corrected chi connectivity index (χ4v) is 1.45. The monoisotopic (exact) mass is 271 g/mol. The molecule has 2 rings (SSSR count). The molecule has 0 atom stereocenters. The van der Waals surface area contributed by atoms with Gasteiger partial charge in [-0.1, -0.05) is 5.21 Å². The van der Waals surface area contributed by atoms with Crippen LogP contribution in [0.3, 0.4) is 0 Å². The van der Waals surface area contributed by atoms with Crippen LogP contribution in [0.4, 0.5) is 13.2 Å². The number of benzene rings is 1. The van der Waals surface area contributed by atoms with Gasteiger partial charge in [-0.2, -0.15) is 0 Å². The normalized spacial score (nSPS) is 10.7. The summed E-state index contributed by atoms with van der Waals surface area (Å²) in [5.74, 6) is -5.22. The second kappa shape index (κ2) is 5.09. The predicted molar refractivity (Wildman–Crippen MR) is 57.2 cm³/mol. The predicted octanol–water partition coefficient (Wildman–Crippen LogP) is 1.70. The minimum Gasteiger partial charge on any atom is -0.481 e. The van der Waals surface area contributed by atoms with Crippen LogP contribution in [0.2, 0.25) is 0 Å². The molecule has 100 valence electrons. The Bertz CT molecular complexity index is 604. The van der Waals surface area contributed by atoms with E-state index in [0.29, 0.717) is 5.69 Å². The van der Waals surface area contributed by atoms with E-state index in [9.17, 15) is 18.0 Å². The first-order valence-corrected chi connectivity index (χ1v) is 5.25. The maximum Gasteiger partial charge on any atom is 0.303 e. The number of carboxylic acids is 1. The molecule has 2 aromatic rings. The van der Waals surface area contributed by atoms with Gasteiger partial charge in [0.05, 0.1) is 24.0 Å². The van der Waals surface area contributed by atoms with Gasteiger partial charge in [-0.15, -0.1) is 5.10 Å². The number of aromatic nitrogens is 3. The van der Waals surface area contributed by atoms with Crippen molar-refractivity contribution in [2.45, 2.75) is 12.8 Å². The fraction of sp³-hybridized carbons (Fsp3) is 0.182. The van der Waals surface area contributed by atoms with Crippen LogP contribution in [0.5, 0.6) is 0 Å². The summed E-state index contributed by atoms with van der Waals surface area (Å²) >= 11 is 0. The lowest BCUT2D eigenvalue weighted by Crippen LogP contribution is -2.00. The molecular formula is C11H8F3N3O2. The van der Waals surface area contributed by atoms with Gasteiger partial charge in [0.2, 0.25) is 0 Å². The van der Waals surface area contributed by atoms with Crippen molar-refractivity contribution in [1.82, 2.24) is 15.0 Å². The van der Waals surface area contributed by atoms with Crippen molar-refractivity contribution in [2.75, 3.05) is 0 Å². The van der Waals surface area contributed by atoms with Crippen molar-refractivity contribution in [1.29, 1.82) is 0 Å². The number of halogens is 3. The van der Waals surface area contributed by atoms with E-state index in [0.717, 1.165) is 16.8 Å². The van der Waals surface area contributed by atoms with E-state index in [4.69, 9.17) is 5.11 Å². The van der Waals surface area contributed by atoms with Crippen molar-refractivity contribution < 1.29 is 23.1 Å². The summed E-state index contributed by atoms with van der Waals surface area (Å²) in [4.78, 5) is 10.4. The van der Waals surface area contributed by atoms with Crippen LogP contribution in [0, 0.1) is 17.5 Å². The molecular weight excluding hydrogens is 263 g/mol. The van der Waals surface area contributed by atoms with Crippen molar-refractivity contribution >= 4 is 5.97 Å². The summed E-state index contributed by atoms with van der Waals surface area (Å²) in [6.07, 6.45) is 1.33. The van der Waals surface area contributed by atoms with E-state index in [-0.39, 0.29) is 18.5 Å². The third-order valence-electron chi connectivity index (χ3n) is 2.37. The van der Waals surface area contributed by atoms with Gasteiger partial charge in [-0.25, -0.2) is 17.9 Å². The van der Waals surface area contributed by atoms with Crippen molar-refractivity contribution in [3.8, 4) is 5.69 Å². The first kappa shape index (κ1) is 13.1. The Balaban J connectivity index is 2.25. The smallest absolute Gasteiger partial charge is 0.303 e. The van der Waals surface area contributed by atoms with Gasteiger partial charge in [0, 0.05) is 18.6 Å². The molecule has 0 amide bonds. The van der Waals surface area contributed by atoms with Gasteiger partial charge in [0.25, 0.3) is 0 Å². The van der Waals surface area contributed by atoms with E-state index in [1.807, 2.05) is 0 Å². The molecule has 1 aromatic carbocycles. The summed E-state index contributed by atoms with van der Waals surface area (Å²) in [6.45, 7) is 0. The molecule has 8 heteroatoms. The Morgan fingerprint density at radius 1 is 1.26 bits per heavy atom. The van der Waals surface area contributed by atoms with Crippen LogP contribution in [0.1, 0.15) is 12.1 Å². The second-order valence-electron chi connectivity index (χ2n) is 3.77. The molecule has 1 N–H and O–H groups in total. The maximum absolute atomic E-state index is 13.0. The number of rotatable bonds is 4. The fourth-order valence-electron chi connectivity index (χ4n) is 1.45. The van der Waals surface area contributed by atoms with E-state index in [1.165, 1.54) is 6.20 Å². The summed E-state index contributed by atoms with van der Waals surface area (Å²) in [6, 6.07) is 1.54. The lowest BCUT2D eigenvalue weighted by Gasteiger charge is -2.01. The molecule has 0 fully saturated rings. The Morgan fingerprint density at radius 3 is 2.47 bits per heavy atom. The third-order valence-corrected chi connectivity index (χ3v) is 2.37. The zero-order chi connectivity index (χ0) is 14.0. The first-order chi connectivity index (χ1) is 8.97. The quantitative estimate of drug-likeness (QED) is 0.859. The Morgan fingerprint density at radius 2 is 1.89 bits per heavy atom. The summed E-state index contributed by atoms with van der Waals surface area (Å²) in [7, 11) is 0. The molecule has 0 saturated heterocycles. The van der Waals surface area contributed by atoms with Crippen LogP contribution in [-0.2, 0) is 11.2 Å². The molecule has 0 radical (unpaired) electrons. The SMILES string of the molecule is O=C(O)CCc1cn(-c2cc(F)c(F)c(F)c2)nn1. The van der Waals surface area contributed by atoms with Crippen LogP contribution in [0.15, 0.2) is 18.3 Å². The average molecular weight is 271 g/mol. The van der Waals surface area contributed by atoms with E-state index in [1.54, 1.807) is 0 Å². The Hall–Kier alpha value is -2.38. The molecule has 0 aliphatic heterocycles. The second-order valence-corrected chi connectivity index (χ2v) is 3.77. The van der Waals surface area contributed by atoms with Crippen LogP contribution < -0.4 is 0 Å². The number of hydrogen-bond donors (Lipinski definition) is 1. The summed E-state index contributed by atoms with van der Waals surface area (Å²) in [5.41, 5.74) is 0.318. The molecule has 0 saturated carbocycles. The van der Waals surface area contributed by atoms with Crippen molar-refractivity contribution in [2.24, 2.45) is 0 Å². The number of aryl methyl sites for hydroxylation is 1. The number of hydrogen-bond acceptors (Lipinski definition) is 3. The van der Waals surface area contributed by atoms with Crippen molar-refractivity contribution in [3.63, 3.8) is 0 Å². The zero-order valence-electron chi connectivity index (χ0n) is 9.48. The third kappa shape index (κ3) is 2.90. The van der Waals surface area contributed by atoms with Crippen LogP contribution in [0.25, 0.3) is 5.69 Å². The number of nitrogens with zero attached hydrogens (tertiary/aromatic N) is 3. The van der Waals surface area contributed by atoms with Gasteiger partial charge >= 0.3 is 5.97 Å². The molecule has 0 unspecified atom stereocenters. The lowest BCUT2D eigenvalue weighted by molar-refractivity contribution is -0.136. The molecule has 0 spiro atoms. The highest BCUT2D eigenvalue weighted by atomic mass is 19.2. The van der Waals surface area contributed by atoms with Crippen molar-refractivity contribution in [3.05, 3.63) is 41.5 Å². The number of carbonyl (C=O) groups is 1. The standard InChI is InChI=1S/C11H8F3N3O2/c12-8-3-7(4-9(13)11(8)14)17-5-6(15-16-17)1-2-10(18)19/h3-5H,1-2H2,(H,18,19). The summed E-state index contributed by atoms with van der Waals surface area (Å²) in [5, 5.41) is 15.8. The Kier molecular flexibility index (Phi) is 3.50. The molecule has 1 aromatic heterocycles. The highest BCUT2D eigenvalue weighted by Crippen LogP contribution is 2.16. The molecule has 0 aliphatic rings. The topological polar surface area (TPSA) is 68.0 Å². The molecule has 1 heterocycles. The van der Waals surface area contributed by atoms with Crippen LogP contribution in [-0.4, -0.2) is 26.1 Å². The van der Waals surface area contributed by atoms with Gasteiger partial charge in [-0.05, 0) is 0 Å². The maximum atomic E-state index is 13.0. The van der Waals surface area contributed by atoms with Gasteiger partial charge < -0.3 is 5.11 Å². The summed E-state index contributed by atoms with van der Waals surface area (Å²) < 4.78 is 39.9. The van der Waals surface area contributed by atoms with Gasteiger partial charge in [-0.3, -0.25) is 4.79 Å². The highest BCUT2D eigenvalue weighted by Gasteiger charge is 2.13. The largest absolute Gasteiger partial charge is 0.481 e. The number of aliphatic carboxylic acids is 1. The highest BCUT2D eigenvalue weighted by molar-refractivity contribution is 5.66. The minimum absolute atomic E-state index is 0.0366. The Labute approximate surface area is 105 Å². The van der Waals surface area contributed by atoms with E-state index in [2.05, 4.69) is 10.3 Å². The van der Waals surface area contributed by atoms with E-state index < -0.39 is 23.4 Å². The molecule has 0 aliphatic carbocycles. The van der Waals surface area contributed by atoms with E-state index >= 15 is 0 Å². The minimum atomic E-state index is -1.56. The van der Waals surface area contributed by atoms with Gasteiger partial charge in [0.15, 0.2) is 17.5 Å². The lowest BCUT2D eigenvalue weighted by atomic mass is 10.2. The molecule has 0 bridgehead atoms. The average Bonchev–Trinajstić information content (AvgIpc) is 2.81. The van der Waals surface area contributed by atoms with Gasteiger partial charge in [0.1, 0.15) is 0 Å². The molecule has 19 heavy (non-hydrogen) atoms. The molecule has 5 nitrogen and oxygen atoms in total. The first-order valence-electron chi connectivity index (χ1n) is 5.25.